The average molecular weight is 412 g/mol. The van der Waals surface area contributed by atoms with Gasteiger partial charge in [0.05, 0.1) is 9.79 Å². The van der Waals surface area contributed by atoms with Crippen LogP contribution in [-0.4, -0.2) is 58.2 Å². The van der Waals surface area contributed by atoms with E-state index in [-0.39, 0.29) is 28.1 Å². The minimum atomic E-state index is -3.71. The van der Waals surface area contributed by atoms with Crippen LogP contribution >= 0.6 is 12.4 Å². The Labute approximate surface area is 156 Å². The van der Waals surface area contributed by atoms with Crippen LogP contribution in [0.25, 0.3) is 0 Å². The van der Waals surface area contributed by atoms with Crippen molar-refractivity contribution in [3.05, 3.63) is 24.3 Å². The minimum Gasteiger partial charge on any atom is -0.330 e. The van der Waals surface area contributed by atoms with E-state index in [2.05, 4.69) is 0 Å². The number of sulfonamides is 2. The van der Waals surface area contributed by atoms with Gasteiger partial charge in [0.2, 0.25) is 20.0 Å². The molecular formula is C15H26ClN3O4S2. The van der Waals surface area contributed by atoms with Gasteiger partial charge in [-0.15, -0.1) is 12.4 Å². The van der Waals surface area contributed by atoms with E-state index in [1.807, 2.05) is 0 Å². The molecule has 0 amide bonds. The second-order valence-corrected chi connectivity index (χ2v) is 9.69. The van der Waals surface area contributed by atoms with E-state index in [0.717, 1.165) is 6.42 Å². The highest BCUT2D eigenvalue weighted by molar-refractivity contribution is 7.90. The molecule has 0 radical (unpaired) electrons. The monoisotopic (exact) mass is 411 g/mol. The predicted octanol–water partition coefficient (Wildman–Crippen LogP) is 1.11. The Hall–Kier alpha value is -0.710. The smallest absolute Gasteiger partial charge is 0.243 e. The van der Waals surface area contributed by atoms with Gasteiger partial charge in [0.25, 0.3) is 0 Å². The normalized spacial score (nSPS) is 19.1. The molecule has 0 aromatic heterocycles. The Morgan fingerprint density at radius 3 is 2.28 bits per heavy atom. The molecule has 1 aromatic carbocycles. The molecule has 144 valence electrons. The second kappa shape index (κ2) is 8.79. The van der Waals surface area contributed by atoms with Crippen LogP contribution in [0.4, 0.5) is 0 Å². The van der Waals surface area contributed by atoms with E-state index in [4.69, 9.17) is 5.73 Å². The van der Waals surface area contributed by atoms with Gasteiger partial charge in [-0.05, 0) is 37.1 Å². The lowest BCUT2D eigenvalue weighted by Gasteiger charge is -2.20. The van der Waals surface area contributed by atoms with Crippen LogP contribution in [0.15, 0.2) is 34.1 Å². The number of benzene rings is 1. The van der Waals surface area contributed by atoms with Gasteiger partial charge in [-0.2, -0.15) is 8.61 Å². The Morgan fingerprint density at radius 1 is 1.16 bits per heavy atom. The summed E-state index contributed by atoms with van der Waals surface area (Å²) in [6, 6.07) is 5.59. The molecule has 2 N–H and O–H groups in total. The third kappa shape index (κ3) is 4.53. The van der Waals surface area contributed by atoms with Crippen LogP contribution in [0, 0.1) is 5.92 Å². The first-order valence-electron chi connectivity index (χ1n) is 8.07. The molecule has 1 atom stereocenters. The topological polar surface area (TPSA) is 101 Å². The summed E-state index contributed by atoms with van der Waals surface area (Å²) < 4.78 is 53.4. The van der Waals surface area contributed by atoms with Gasteiger partial charge in [0, 0.05) is 26.2 Å². The molecule has 0 aliphatic carbocycles. The predicted molar refractivity (Wildman–Crippen MR) is 99.7 cm³/mol. The third-order valence-corrected chi connectivity index (χ3v) is 8.28. The van der Waals surface area contributed by atoms with Crippen molar-refractivity contribution in [2.24, 2.45) is 11.7 Å². The number of hydrogen-bond donors (Lipinski definition) is 1. The molecule has 1 aromatic rings. The van der Waals surface area contributed by atoms with Crippen molar-refractivity contribution in [2.45, 2.75) is 30.1 Å². The molecule has 2 rings (SSSR count). The van der Waals surface area contributed by atoms with Crippen molar-refractivity contribution < 1.29 is 16.8 Å². The molecule has 1 heterocycles. The molecular weight excluding hydrogens is 386 g/mol. The maximum Gasteiger partial charge on any atom is 0.243 e. The quantitative estimate of drug-likeness (QED) is 0.724. The highest BCUT2D eigenvalue weighted by atomic mass is 35.5. The fraction of sp³-hybridized carbons (Fsp3) is 0.600. The number of halogens is 1. The first kappa shape index (κ1) is 22.3. The standard InChI is InChI=1S/C15H25N3O4S2.ClH/c1-3-17(4-2)23(19,20)14-6-5-7-15(10-14)24(21,22)18-9-8-13(11-16)12-18;/h5-7,10,13H,3-4,8-9,11-12,16H2,1-2H3;1H. The lowest BCUT2D eigenvalue weighted by molar-refractivity contribution is 0.445. The molecule has 0 spiro atoms. The van der Waals surface area contributed by atoms with E-state index < -0.39 is 20.0 Å². The van der Waals surface area contributed by atoms with Crippen molar-refractivity contribution in [3.8, 4) is 0 Å². The van der Waals surface area contributed by atoms with E-state index in [1.54, 1.807) is 13.8 Å². The van der Waals surface area contributed by atoms with Gasteiger partial charge < -0.3 is 5.73 Å². The van der Waals surface area contributed by atoms with E-state index in [1.165, 1.54) is 32.9 Å². The molecule has 0 saturated carbocycles. The SMILES string of the molecule is CCN(CC)S(=O)(=O)c1cccc(S(=O)(=O)N2CCC(CN)C2)c1.Cl. The summed E-state index contributed by atoms with van der Waals surface area (Å²) in [4.78, 5) is 0.00949. The Balaban J connectivity index is 0.00000312. The Bertz CT molecular complexity index is 780. The number of nitrogens with zero attached hydrogens (tertiary/aromatic N) is 2. The number of nitrogens with two attached hydrogens (primary N) is 1. The van der Waals surface area contributed by atoms with Crippen molar-refractivity contribution in [1.82, 2.24) is 8.61 Å². The van der Waals surface area contributed by atoms with Gasteiger partial charge in [-0.3, -0.25) is 0 Å². The molecule has 1 aliphatic rings. The summed E-state index contributed by atoms with van der Waals surface area (Å²) in [5.74, 6) is 0.155. The Morgan fingerprint density at radius 2 is 1.76 bits per heavy atom. The molecule has 25 heavy (non-hydrogen) atoms. The highest BCUT2D eigenvalue weighted by Crippen LogP contribution is 2.26. The average Bonchev–Trinajstić information content (AvgIpc) is 3.06. The molecule has 0 bridgehead atoms. The van der Waals surface area contributed by atoms with Crippen molar-refractivity contribution in [3.63, 3.8) is 0 Å². The largest absolute Gasteiger partial charge is 0.330 e. The van der Waals surface area contributed by atoms with Gasteiger partial charge in [0.15, 0.2) is 0 Å². The van der Waals surface area contributed by atoms with Crippen LogP contribution < -0.4 is 5.73 Å². The van der Waals surface area contributed by atoms with E-state index >= 15 is 0 Å². The summed E-state index contributed by atoms with van der Waals surface area (Å²) in [6.07, 6.45) is 0.729. The summed E-state index contributed by atoms with van der Waals surface area (Å²) in [7, 11) is -7.40. The third-order valence-electron chi connectivity index (χ3n) is 4.37. The van der Waals surface area contributed by atoms with Crippen molar-refractivity contribution in [1.29, 1.82) is 0 Å². The minimum absolute atomic E-state index is 0. The van der Waals surface area contributed by atoms with Gasteiger partial charge >= 0.3 is 0 Å². The van der Waals surface area contributed by atoms with Crippen molar-refractivity contribution in [2.75, 3.05) is 32.7 Å². The zero-order valence-electron chi connectivity index (χ0n) is 14.5. The van der Waals surface area contributed by atoms with Gasteiger partial charge in [-0.1, -0.05) is 19.9 Å². The van der Waals surface area contributed by atoms with Gasteiger partial charge in [0.1, 0.15) is 0 Å². The lowest BCUT2D eigenvalue weighted by atomic mass is 10.1. The number of rotatable bonds is 7. The van der Waals surface area contributed by atoms with Crippen LogP contribution in [0.2, 0.25) is 0 Å². The lowest BCUT2D eigenvalue weighted by Crippen LogP contribution is -2.32. The maximum absolute atomic E-state index is 12.8. The van der Waals surface area contributed by atoms with Crippen molar-refractivity contribution >= 4 is 32.5 Å². The summed E-state index contributed by atoms with van der Waals surface area (Å²) in [6.45, 7) is 5.41. The molecule has 1 unspecified atom stereocenters. The first-order chi connectivity index (χ1) is 11.3. The zero-order valence-corrected chi connectivity index (χ0v) is 16.9. The summed E-state index contributed by atoms with van der Waals surface area (Å²) in [5.41, 5.74) is 5.62. The fourth-order valence-corrected chi connectivity index (χ4v) is 6.02. The van der Waals surface area contributed by atoms with Crippen LogP contribution in [0.1, 0.15) is 20.3 Å². The first-order valence-corrected chi connectivity index (χ1v) is 11.0. The van der Waals surface area contributed by atoms with Crippen LogP contribution in [0.5, 0.6) is 0 Å². The van der Waals surface area contributed by atoms with E-state index in [9.17, 15) is 16.8 Å². The molecule has 1 fully saturated rings. The Kier molecular flexibility index (Phi) is 7.85. The molecule has 1 aliphatic heterocycles. The summed E-state index contributed by atoms with van der Waals surface area (Å²) >= 11 is 0. The second-order valence-electron chi connectivity index (χ2n) is 5.82. The molecule has 1 saturated heterocycles. The molecule has 10 heteroatoms. The number of hydrogen-bond acceptors (Lipinski definition) is 5. The zero-order chi connectivity index (χ0) is 18.0. The summed E-state index contributed by atoms with van der Waals surface area (Å²) in [5, 5.41) is 0. The van der Waals surface area contributed by atoms with Gasteiger partial charge in [-0.25, -0.2) is 16.8 Å². The van der Waals surface area contributed by atoms with Crippen LogP contribution in [-0.2, 0) is 20.0 Å². The van der Waals surface area contributed by atoms with Crippen LogP contribution in [0.3, 0.4) is 0 Å². The van der Waals surface area contributed by atoms with E-state index in [0.29, 0.717) is 32.7 Å². The maximum atomic E-state index is 12.8. The molecule has 7 nitrogen and oxygen atoms in total. The highest BCUT2D eigenvalue weighted by Gasteiger charge is 2.33. The fourth-order valence-electron chi connectivity index (χ4n) is 2.86.